The Kier molecular flexibility index (Phi) is 3.57. The van der Waals surface area contributed by atoms with Crippen LogP contribution in [-0.2, 0) is 10.4 Å². The van der Waals surface area contributed by atoms with E-state index in [-0.39, 0.29) is 12.2 Å². The maximum atomic E-state index is 12.6. The van der Waals surface area contributed by atoms with Gasteiger partial charge in [-0.15, -0.1) is 0 Å². The number of ketones is 1. The number of carbonyl (C=O) groups is 2. The molecule has 2 aromatic rings. The molecule has 0 aliphatic carbocycles. The molecule has 23 heavy (non-hydrogen) atoms. The summed E-state index contributed by atoms with van der Waals surface area (Å²) < 4.78 is 0. The van der Waals surface area contributed by atoms with Crippen LogP contribution in [0.25, 0.3) is 0 Å². The number of aryl methyl sites for hydroxylation is 3. The number of benzene rings is 2. The Morgan fingerprint density at radius 3 is 2.43 bits per heavy atom. The van der Waals surface area contributed by atoms with E-state index >= 15 is 0 Å². The predicted octanol–water partition coefficient (Wildman–Crippen LogP) is 3.02. The van der Waals surface area contributed by atoms with Gasteiger partial charge in [-0.25, -0.2) is 0 Å². The minimum absolute atomic E-state index is 0.241. The first-order valence-corrected chi connectivity index (χ1v) is 7.57. The number of rotatable bonds is 3. The fourth-order valence-electron chi connectivity index (χ4n) is 3.09. The van der Waals surface area contributed by atoms with Crippen molar-refractivity contribution in [3.8, 4) is 0 Å². The Bertz CT molecular complexity index is 825. The van der Waals surface area contributed by atoms with Crippen LogP contribution < -0.4 is 5.32 Å². The van der Waals surface area contributed by atoms with Gasteiger partial charge in [0.25, 0.3) is 5.91 Å². The zero-order valence-electron chi connectivity index (χ0n) is 13.4. The lowest BCUT2D eigenvalue weighted by molar-refractivity contribution is -0.133. The van der Waals surface area contributed by atoms with E-state index in [2.05, 4.69) is 5.32 Å². The second-order valence-electron chi connectivity index (χ2n) is 6.28. The molecule has 0 fully saturated rings. The molecule has 0 aromatic heterocycles. The van der Waals surface area contributed by atoms with Crippen LogP contribution >= 0.6 is 0 Å². The van der Waals surface area contributed by atoms with Crippen LogP contribution in [0.2, 0.25) is 0 Å². The van der Waals surface area contributed by atoms with E-state index in [9.17, 15) is 14.7 Å². The zero-order valence-corrected chi connectivity index (χ0v) is 13.4. The molecule has 0 unspecified atom stereocenters. The van der Waals surface area contributed by atoms with Crippen LogP contribution in [0.5, 0.6) is 0 Å². The fraction of sp³-hybridized carbons (Fsp3) is 0.263. The second-order valence-corrected chi connectivity index (χ2v) is 6.28. The summed E-state index contributed by atoms with van der Waals surface area (Å²) in [6.45, 7) is 5.70. The van der Waals surface area contributed by atoms with E-state index < -0.39 is 11.5 Å². The minimum atomic E-state index is -1.81. The van der Waals surface area contributed by atoms with Crippen LogP contribution in [-0.4, -0.2) is 16.8 Å². The largest absolute Gasteiger partial charge is 0.375 e. The van der Waals surface area contributed by atoms with Gasteiger partial charge < -0.3 is 10.4 Å². The molecule has 0 radical (unpaired) electrons. The first kappa shape index (κ1) is 15.4. The van der Waals surface area contributed by atoms with Crippen molar-refractivity contribution in [3.63, 3.8) is 0 Å². The summed E-state index contributed by atoms with van der Waals surface area (Å²) in [5, 5.41) is 13.5. The molecule has 1 aliphatic heterocycles. The van der Waals surface area contributed by atoms with Crippen molar-refractivity contribution in [1.29, 1.82) is 0 Å². The van der Waals surface area contributed by atoms with Gasteiger partial charge in [0.2, 0.25) is 0 Å². The van der Waals surface area contributed by atoms with Gasteiger partial charge >= 0.3 is 0 Å². The number of hydrogen-bond donors (Lipinski definition) is 2. The van der Waals surface area contributed by atoms with Crippen LogP contribution in [0.1, 0.15) is 39.0 Å². The van der Waals surface area contributed by atoms with Crippen molar-refractivity contribution in [2.24, 2.45) is 0 Å². The quantitative estimate of drug-likeness (QED) is 0.857. The maximum absolute atomic E-state index is 12.6. The molecule has 118 valence electrons. The average molecular weight is 309 g/mol. The minimum Gasteiger partial charge on any atom is -0.375 e. The first-order chi connectivity index (χ1) is 10.8. The Balaban J connectivity index is 1.97. The van der Waals surface area contributed by atoms with Gasteiger partial charge in [0, 0.05) is 16.8 Å². The fourth-order valence-corrected chi connectivity index (χ4v) is 3.09. The van der Waals surface area contributed by atoms with Gasteiger partial charge in [-0.1, -0.05) is 41.5 Å². The van der Waals surface area contributed by atoms with Crippen molar-refractivity contribution in [2.75, 3.05) is 5.32 Å². The molecule has 4 nitrogen and oxygen atoms in total. The molecule has 1 atom stereocenters. The van der Waals surface area contributed by atoms with Gasteiger partial charge in [0.05, 0.1) is 6.42 Å². The van der Waals surface area contributed by atoms with E-state index in [1.54, 1.807) is 18.2 Å². The number of anilines is 1. The highest BCUT2D eigenvalue weighted by atomic mass is 16.3. The smallest absolute Gasteiger partial charge is 0.261 e. The third kappa shape index (κ3) is 2.55. The molecule has 0 saturated carbocycles. The lowest BCUT2D eigenvalue weighted by Gasteiger charge is -2.21. The van der Waals surface area contributed by atoms with E-state index in [0.717, 1.165) is 16.7 Å². The van der Waals surface area contributed by atoms with Gasteiger partial charge in [0.15, 0.2) is 11.4 Å². The average Bonchev–Trinajstić information content (AvgIpc) is 2.70. The molecule has 1 amide bonds. The van der Waals surface area contributed by atoms with Crippen molar-refractivity contribution >= 4 is 17.4 Å². The summed E-state index contributed by atoms with van der Waals surface area (Å²) in [4.78, 5) is 24.9. The standard InChI is InChI=1S/C19H19NO3/c1-11-4-6-14(13(3)8-11)17(21)10-19(23)15-9-12(2)5-7-16(15)20-18(19)22/h4-9,23H,10H2,1-3H3,(H,20,22)/t19-/m0/s1. The summed E-state index contributed by atoms with van der Waals surface area (Å²) in [5.41, 5.74) is 2.61. The molecule has 2 aromatic carbocycles. The van der Waals surface area contributed by atoms with Gasteiger partial charge in [-0.05, 0) is 32.4 Å². The molecule has 3 rings (SSSR count). The highest BCUT2D eigenvalue weighted by molar-refractivity contribution is 6.09. The lowest BCUT2D eigenvalue weighted by atomic mass is 9.86. The number of nitrogens with one attached hydrogen (secondary N) is 1. The zero-order chi connectivity index (χ0) is 16.8. The Labute approximate surface area is 135 Å². The Morgan fingerprint density at radius 2 is 1.74 bits per heavy atom. The number of hydrogen-bond acceptors (Lipinski definition) is 3. The lowest BCUT2D eigenvalue weighted by Crippen LogP contribution is -2.36. The molecule has 0 saturated heterocycles. The summed E-state index contributed by atoms with van der Waals surface area (Å²) in [6, 6.07) is 10.9. The van der Waals surface area contributed by atoms with Crippen molar-refractivity contribution in [2.45, 2.75) is 32.8 Å². The normalized spacial score (nSPS) is 19.4. The van der Waals surface area contributed by atoms with E-state index in [0.29, 0.717) is 16.8 Å². The summed E-state index contributed by atoms with van der Waals surface area (Å²) >= 11 is 0. The van der Waals surface area contributed by atoms with Crippen molar-refractivity contribution < 1.29 is 14.7 Å². The van der Waals surface area contributed by atoms with Crippen LogP contribution in [0, 0.1) is 20.8 Å². The Hall–Kier alpha value is -2.46. The third-order valence-corrected chi connectivity index (χ3v) is 4.34. The summed E-state index contributed by atoms with van der Waals surface area (Å²) in [7, 11) is 0. The molecular weight excluding hydrogens is 290 g/mol. The molecule has 2 N–H and O–H groups in total. The predicted molar refractivity (Wildman–Crippen MR) is 88.6 cm³/mol. The molecule has 0 bridgehead atoms. The van der Waals surface area contributed by atoms with Crippen molar-refractivity contribution in [1.82, 2.24) is 0 Å². The van der Waals surface area contributed by atoms with Crippen molar-refractivity contribution in [3.05, 3.63) is 64.2 Å². The number of aliphatic hydroxyl groups is 1. The van der Waals surface area contributed by atoms with Crippen LogP contribution in [0.4, 0.5) is 5.69 Å². The highest BCUT2D eigenvalue weighted by Gasteiger charge is 2.46. The monoisotopic (exact) mass is 309 g/mol. The van der Waals surface area contributed by atoms with E-state index in [4.69, 9.17) is 0 Å². The van der Waals surface area contributed by atoms with Gasteiger partial charge in [-0.2, -0.15) is 0 Å². The van der Waals surface area contributed by atoms with Crippen LogP contribution in [0.15, 0.2) is 36.4 Å². The number of carbonyl (C=O) groups excluding carboxylic acids is 2. The second kappa shape index (κ2) is 5.32. The Morgan fingerprint density at radius 1 is 1.09 bits per heavy atom. The van der Waals surface area contributed by atoms with Gasteiger partial charge in [-0.3, -0.25) is 9.59 Å². The number of amides is 1. The topological polar surface area (TPSA) is 66.4 Å². The summed E-state index contributed by atoms with van der Waals surface area (Å²) in [5.74, 6) is -0.786. The molecular formula is C19H19NO3. The first-order valence-electron chi connectivity index (χ1n) is 7.57. The highest BCUT2D eigenvalue weighted by Crippen LogP contribution is 2.39. The SMILES string of the molecule is Cc1ccc(C(=O)C[C@@]2(O)C(=O)Nc3ccc(C)cc32)c(C)c1. The van der Waals surface area contributed by atoms with E-state index in [1.165, 1.54) is 0 Å². The molecule has 4 heteroatoms. The number of fused-ring (bicyclic) bond motifs is 1. The van der Waals surface area contributed by atoms with Crippen LogP contribution in [0.3, 0.4) is 0 Å². The van der Waals surface area contributed by atoms with Gasteiger partial charge in [0.1, 0.15) is 0 Å². The molecule has 0 spiro atoms. The third-order valence-electron chi connectivity index (χ3n) is 4.34. The van der Waals surface area contributed by atoms with E-state index in [1.807, 2.05) is 39.0 Å². The molecule has 1 aliphatic rings. The number of Topliss-reactive ketones (excluding diaryl/α,β-unsaturated/α-hetero) is 1. The molecule has 1 heterocycles. The summed E-state index contributed by atoms with van der Waals surface area (Å²) in [6.07, 6.45) is -0.265. The maximum Gasteiger partial charge on any atom is 0.261 e.